The quantitative estimate of drug-likeness (QED) is 0.815. The first-order valence-electron chi connectivity index (χ1n) is 5.03. The van der Waals surface area contributed by atoms with Gasteiger partial charge in [0.1, 0.15) is 0 Å². The molecule has 2 heterocycles. The molecule has 0 saturated heterocycles. The summed E-state index contributed by atoms with van der Waals surface area (Å²) in [6, 6.07) is 1.86. The second-order valence-electron chi connectivity index (χ2n) is 3.26. The normalized spacial score (nSPS) is 10.2. The van der Waals surface area contributed by atoms with Gasteiger partial charge in [0.2, 0.25) is 0 Å². The first-order valence-corrected chi connectivity index (χ1v) is 5.82. The molecule has 0 saturated carbocycles. The Labute approximate surface area is 107 Å². The lowest BCUT2D eigenvalue weighted by Gasteiger charge is -2.00. The maximum atomic E-state index is 11.5. The number of pyridine rings is 1. The molecular formula is C11H10BrN3O2. The lowest BCUT2D eigenvalue weighted by atomic mass is 10.4. The van der Waals surface area contributed by atoms with Gasteiger partial charge in [-0.2, -0.15) is 5.10 Å². The smallest absolute Gasteiger partial charge is 0.341 e. The highest BCUT2D eigenvalue weighted by Crippen LogP contribution is 2.13. The number of ether oxygens (including phenoxy) is 1. The van der Waals surface area contributed by atoms with Crippen molar-refractivity contribution in [3.05, 3.63) is 40.9 Å². The van der Waals surface area contributed by atoms with Gasteiger partial charge in [0.15, 0.2) is 0 Å². The maximum absolute atomic E-state index is 11.5. The molecule has 88 valence electrons. The van der Waals surface area contributed by atoms with E-state index < -0.39 is 0 Å². The molecule has 2 aromatic heterocycles. The Morgan fingerprint density at radius 2 is 2.29 bits per heavy atom. The van der Waals surface area contributed by atoms with Crippen molar-refractivity contribution < 1.29 is 9.53 Å². The lowest BCUT2D eigenvalue weighted by Crippen LogP contribution is -2.03. The van der Waals surface area contributed by atoms with Gasteiger partial charge in [-0.05, 0) is 28.9 Å². The molecule has 0 aliphatic rings. The largest absolute Gasteiger partial charge is 0.462 e. The number of hydrogen-bond acceptors (Lipinski definition) is 4. The van der Waals surface area contributed by atoms with E-state index >= 15 is 0 Å². The summed E-state index contributed by atoms with van der Waals surface area (Å²) in [6.45, 7) is 2.11. The van der Waals surface area contributed by atoms with Crippen LogP contribution in [0.15, 0.2) is 35.3 Å². The summed E-state index contributed by atoms with van der Waals surface area (Å²) in [5, 5.41) is 4.09. The minimum absolute atomic E-state index is 0.350. The number of rotatable bonds is 3. The van der Waals surface area contributed by atoms with Gasteiger partial charge in [-0.3, -0.25) is 4.98 Å². The van der Waals surface area contributed by atoms with Crippen LogP contribution in [0.25, 0.3) is 5.69 Å². The van der Waals surface area contributed by atoms with Crippen molar-refractivity contribution >= 4 is 21.9 Å². The summed E-state index contributed by atoms with van der Waals surface area (Å²) < 4.78 is 7.31. The van der Waals surface area contributed by atoms with Crippen LogP contribution in [-0.2, 0) is 4.74 Å². The number of esters is 1. The molecule has 0 atom stereocenters. The summed E-state index contributed by atoms with van der Waals surface area (Å²) in [4.78, 5) is 15.5. The third-order valence-electron chi connectivity index (χ3n) is 2.05. The third kappa shape index (κ3) is 2.71. The van der Waals surface area contributed by atoms with Gasteiger partial charge in [0.25, 0.3) is 0 Å². The zero-order chi connectivity index (χ0) is 12.3. The van der Waals surface area contributed by atoms with E-state index in [1.54, 1.807) is 30.2 Å². The van der Waals surface area contributed by atoms with E-state index in [1.807, 2.05) is 6.07 Å². The summed E-state index contributed by atoms with van der Waals surface area (Å²) in [6.07, 6.45) is 6.42. The van der Waals surface area contributed by atoms with E-state index in [0.29, 0.717) is 12.2 Å². The minimum Gasteiger partial charge on any atom is -0.462 e. The predicted octanol–water partition coefficient (Wildman–Crippen LogP) is 2.21. The van der Waals surface area contributed by atoms with Gasteiger partial charge in [-0.25, -0.2) is 9.48 Å². The van der Waals surface area contributed by atoms with Crippen LogP contribution < -0.4 is 0 Å². The van der Waals surface area contributed by atoms with Crippen LogP contribution in [0.4, 0.5) is 0 Å². The van der Waals surface area contributed by atoms with Crippen molar-refractivity contribution in [2.75, 3.05) is 6.61 Å². The molecule has 0 aromatic carbocycles. The van der Waals surface area contributed by atoms with Gasteiger partial charge >= 0.3 is 5.97 Å². The molecule has 5 nitrogen and oxygen atoms in total. The maximum Gasteiger partial charge on any atom is 0.341 e. The molecule has 0 aliphatic heterocycles. The molecule has 0 radical (unpaired) electrons. The highest BCUT2D eigenvalue weighted by atomic mass is 79.9. The Bertz CT molecular complexity index is 539. The monoisotopic (exact) mass is 295 g/mol. The highest BCUT2D eigenvalue weighted by molar-refractivity contribution is 9.10. The number of carbonyl (C=O) groups is 1. The van der Waals surface area contributed by atoms with Crippen LogP contribution in [0.1, 0.15) is 17.3 Å². The van der Waals surface area contributed by atoms with Gasteiger partial charge < -0.3 is 4.74 Å². The SMILES string of the molecule is CCOC(=O)c1cnn(-c2cncc(Br)c2)c1. The Hall–Kier alpha value is -1.69. The molecule has 0 amide bonds. The van der Waals surface area contributed by atoms with Crippen LogP contribution in [0.3, 0.4) is 0 Å². The number of carbonyl (C=O) groups excluding carboxylic acids is 1. The van der Waals surface area contributed by atoms with E-state index in [2.05, 4.69) is 26.0 Å². The Morgan fingerprint density at radius 1 is 1.47 bits per heavy atom. The second kappa shape index (κ2) is 5.09. The van der Waals surface area contributed by atoms with Crippen LogP contribution in [0.5, 0.6) is 0 Å². The van der Waals surface area contributed by atoms with E-state index in [4.69, 9.17) is 4.74 Å². The Kier molecular flexibility index (Phi) is 3.53. The van der Waals surface area contributed by atoms with E-state index in [1.165, 1.54) is 6.20 Å². The predicted molar refractivity (Wildman–Crippen MR) is 65.0 cm³/mol. The van der Waals surface area contributed by atoms with Crippen molar-refractivity contribution in [1.82, 2.24) is 14.8 Å². The zero-order valence-electron chi connectivity index (χ0n) is 9.13. The van der Waals surface area contributed by atoms with Gasteiger partial charge in [0.05, 0.1) is 30.3 Å². The summed E-state index contributed by atoms with van der Waals surface area (Å²) in [5.74, 6) is -0.373. The molecule has 2 rings (SSSR count). The number of halogens is 1. The van der Waals surface area contributed by atoms with E-state index in [9.17, 15) is 4.79 Å². The molecule has 0 unspecified atom stereocenters. The molecular weight excluding hydrogens is 286 g/mol. The average molecular weight is 296 g/mol. The van der Waals surface area contributed by atoms with Crippen molar-refractivity contribution in [1.29, 1.82) is 0 Å². The highest BCUT2D eigenvalue weighted by Gasteiger charge is 2.10. The molecule has 2 aromatic rings. The fraction of sp³-hybridized carbons (Fsp3) is 0.182. The van der Waals surface area contributed by atoms with Crippen molar-refractivity contribution in [2.45, 2.75) is 6.92 Å². The number of aromatic nitrogens is 3. The van der Waals surface area contributed by atoms with Gasteiger partial charge in [0, 0.05) is 16.9 Å². The van der Waals surface area contributed by atoms with Gasteiger partial charge in [-0.1, -0.05) is 0 Å². The Balaban J connectivity index is 2.27. The second-order valence-corrected chi connectivity index (χ2v) is 4.17. The lowest BCUT2D eigenvalue weighted by molar-refractivity contribution is 0.0526. The molecule has 17 heavy (non-hydrogen) atoms. The summed E-state index contributed by atoms with van der Waals surface area (Å²) in [5.41, 5.74) is 1.20. The zero-order valence-corrected chi connectivity index (χ0v) is 10.7. The standard InChI is InChI=1S/C11H10BrN3O2/c1-2-17-11(16)8-4-14-15(7-8)10-3-9(12)5-13-6-10/h3-7H,2H2,1H3. The molecule has 0 spiro atoms. The van der Waals surface area contributed by atoms with Crippen LogP contribution in [0, 0.1) is 0 Å². The van der Waals surface area contributed by atoms with Crippen molar-refractivity contribution in [3.8, 4) is 5.69 Å². The van der Waals surface area contributed by atoms with Gasteiger partial charge in [-0.15, -0.1) is 0 Å². The fourth-order valence-corrected chi connectivity index (χ4v) is 1.66. The van der Waals surface area contributed by atoms with Crippen LogP contribution in [0.2, 0.25) is 0 Å². The van der Waals surface area contributed by atoms with Crippen LogP contribution in [-0.4, -0.2) is 27.3 Å². The van der Waals surface area contributed by atoms with Crippen LogP contribution >= 0.6 is 15.9 Å². The molecule has 0 N–H and O–H groups in total. The van der Waals surface area contributed by atoms with E-state index in [-0.39, 0.29) is 5.97 Å². The molecule has 0 aliphatic carbocycles. The Morgan fingerprint density at radius 3 is 3.00 bits per heavy atom. The average Bonchev–Trinajstić information content (AvgIpc) is 2.78. The third-order valence-corrected chi connectivity index (χ3v) is 2.48. The first kappa shape index (κ1) is 11.8. The topological polar surface area (TPSA) is 57.0 Å². The number of hydrogen-bond donors (Lipinski definition) is 0. The summed E-state index contributed by atoms with van der Waals surface area (Å²) in [7, 11) is 0. The fourth-order valence-electron chi connectivity index (χ4n) is 1.31. The first-order chi connectivity index (χ1) is 8.20. The molecule has 0 fully saturated rings. The van der Waals surface area contributed by atoms with Crippen molar-refractivity contribution in [2.24, 2.45) is 0 Å². The van der Waals surface area contributed by atoms with Crippen molar-refractivity contribution in [3.63, 3.8) is 0 Å². The molecule has 0 bridgehead atoms. The summed E-state index contributed by atoms with van der Waals surface area (Å²) >= 11 is 3.32. The minimum atomic E-state index is -0.373. The van der Waals surface area contributed by atoms with E-state index in [0.717, 1.165) is 10.2 Å². The molecule has 6 heteroatoms. The number of nitrogens with zero attached hydrogens (tertiary/aromatic N) is 3.